The lowest BCUT2D eigenvalue weighted by molar-refractivity contribution is 0.0804. The molecular formula is C21H17N3O. The van der Waals surface area contributed by atoms with Crippen molar-refractivity contribution in [1.29, 1.82) is 5.26 Å². The smallest absolute Gasteiger partial charge is 0.271 e. The first-order valence-corrected chi connectivity index (χ1v) is 7.89. The average molecular weight is 327 g/mol. The number of hydrogen-bond acceptors (Lipinski definition) is 2. The SMILES string of the molecule is CN(CC#Cc1ccc(C#N)cc1)C(=O)c1cc2ccccc2n1C. The van der Waals surface area contributed by atoms with Crippen molar-refractivity contribution in [2.75, 3.05) is 13.6 Å². The van der Waals surface area contributed by atoms with E-state index in [1.165, 1.54) is 0 Å². The Morgan fingerprint density at radius 3 is 2.48 bits per heavy atom. The molecular weight excluding hydrogens is 310 g/mol. The summed E-state index contributed by atoms with van der Waals surface area (Å²) in [6, 6.07) is 19.0. The van der Waals surface area contributed by atoms with Gasteiger partial charge in [0.2, 0.25) is 0 Å². The Bertz CT molecular complexity index is 1030. The summed E-state index contributed by atoms with van der Waals surface area (Å²) in [5.74, 6) is 5.96. The number of benzene rings is 2. The molecule has 3 rings (SSSR count). The predicted octanol–water partition coefficient (Wildman–Crippen LogP) is 3.17. The topological polar surface area (TPSA) is 49.0 Å². The molecule has 0 N–H and O–H groups in total. The third-order valence-electron chi connectivity index (χ3n) is 4.08. The van der Waals surface area contributed by atoms with Crippen LogP contribution in [0.1, 0.15) is 21.6 Å². The van der Waals surface area contributed by atoms with Crippen LogP contribution in [0.25, 0.3) is 10.9 Å². The number of amides is 1. The molecule has 0 fully saturated rings. The fraction of sp³-hybridized carbons (Fsp3) is 0.143. The number of aryl methyl sites for hydroxylation is 1. The lowest BCUT2D eigenvalue weighted by atomic mass is 10.1. The number of carbonyl (C=O) groups is 1. The van der Waals surface area contributed by atoms with Gasteiger partial charge in [-0.1, -0.05) is 30.0 Å². The second kappa shape index (κ2) is 6.95. The van der Waals surface area contributed by atoms with Gasteiger partial charge < -0.3 is 9.47 Å². The van der Waals surface area contributed by atoms with E-state index in [4.69, 9.17) is 5.26 Å². The average Bonchev–Trinajstić information content (AvgIpc) is 2.98. The first-order chi connectivity index (χ1) is 12.1. The molecule has 0 saturated heterocycles. The van der Waals surface area contributed by atoms with Crippen molar-refractivity contribution in [2.24, 2.45) is 7.05 Å². The molecule has 0 spiro atoms. The highest BCUT2D eigenvalue weighted by Gasteiger charge is 2.16. The Kier molecular flexibility index (Phi) is 4.55. The molecule has 4 nitrogen and oxygen atoms in total. The summed E-state index contributed by atoms with van der Waals surface area (Å²) in [6.45, 7) is 0.334. The number of rotatable bonds is 2. The quantitative estimate of drug-likeness (QED) is 0.679. The van der Waals surface area contributed by atoms with E-state index in [2.05, 4.69) is 17.9 Å². The molecule has 4 heteroatoms. The number of para-hydroxylation sites is 1. The summed E-state index contributed by atoms with van der Waals surface area (Å²) in [5.41, 5.74) is 3.10. The number of aromatic nitrogens is 1. The van der Waals surface area contributed by atoms with Gasteiger partial charge in [0.1, 0.15) is 5.69 Å². The van der Waals surface area contributed by atoms with Crippen LogP contribution in [0.2, 0.25) is 0 Å². The van der Waals surface area contributed by atoms with Crippen molar-refractivity contribution in [2.45, 2.75) is 0 Å². The van der Waals surface area contributed by atoms with Crippen LogP contribution in [0, 0.1) is 23.2 Å². The summed E-state index contributed by atoms with van der Waals surface area (Å²) in [6.07, 6.45) is 0. The van der Waals surface area contributed by atoms with E-state index in [-0.39, 0.29) is 5.91 Å². The van der Waals surface area contributed by atoms with Crippen LogP contribution in [-0.4, -0.2) is 29.0 Å². The van der Waals surface area contributed by atoms with Crippen LogP contribution in [0.3, 0.4) is 0 Å². The fourth-order valence-electron chi connectivity index (χ4n) is 2.65. The standard InChI is InChI=1S/C21H17N3O/c1-23(13-5-6-16-9-11-17(15-22)12-10-16)21(25)20-14-18-7-3-4-8-19(18)24(20)2/h3-4,7-12,14H,13H2,1-2H3. The number of nitriles is 1. The maximum Gasteiger partial charge on any atom is 0.271 e. The molecule has 122 valence electrons. The molecule has 0 atom stereocenters. The van der Waals surface area contributed by atoms with E-state index < -0.39 is 0 Å². The summed E-state index contributed by atoms with van der Waals surface area (Å²) >= 11 is 0. The van der Waals surface area contributed by atoms with Crippen molar-refractivity contribution in [3.63, 3.8) is 0 Å². The van der Waals surface area contributed by atoms with Crippen molar-refractivity contribution in [1.82, 2.24) is 9.47 Å². The van der Waals surface area contributed by atoms with Gasteiger partial charge in [-0.15, -0.1) is 0 Å². The molecule has 0 unspecified atom stereocenters. The number of nitrogens with zero attached hydrogens (tertiary/aromatic N) is 3. The highest BCUT2D eigenvalue weighted by Crippen LogP contribution is 2.19. The van der Waals surface area contributed by atoms with Gasteiger partial charge in [0.15, 0.2) is 0 Å². The van der Waals surface area contributed by atoms with Gasteiger partial charge in [0, 0.05) is 30.6 Å². The third-order valence-corrected chi connectivity index (χ3v) is 4.08. The minimum Gasteiger partial charge on any atom is -0.340 e. The largest absolute Gasteiger partial charge is 0.340 e. The van der Waals surface area contributed by atoms with Crippen LogP contribution in [0.15, 0.2) is 54.6 Å². The Morgan fingerprint density at radius 2 is 1.80 bits per heavy atom. The minimum absolute atomic E-state index is 0.0622. The number of fused-ring (bicyclic) bond motifs is 1. The summed E-state index contributed by atoms with van der Waals surface area (Å²) in [4.78, 5) is 14.3. The molecule has 0 aliphatic carbocycles. The zero-order chi connectivity index (χ0) is 17.8. The van der Waals surface area contributed by atoms with Gasteiger partial charge in [-0.3, -0.25) is 4.79 Å². The maximum atomic E-state index is 12.7. The highest BCUT2D eigenvalue weighted by molar-refractivity contribution is 5.98. The summed E-state index contributed by atoms with van der Waals surface area (Å²) in [5, 5.41) is 9.84. The zero-order valence-electron chi connectivity index (χ0n) is 14.2. The number of carbonyl (C=O) groups excluding carboxylic acids is 1. The number of hydrogen-bond donors (Lipinski definition) is 0. The lowest BCUT2D eigenvalue weighted by Gasteiger charge is -2.14. The summed E-state index contributed by atoms with van der Waals surface area (Å²) < 4.78 is 1.90. The molecule has 0 aliphatic heterocycles. The van der Waals surface area contributed by atoms with E-state index in [1.54, 1.807) is 36.2 Å². The van der Waals surface area contributed by atoms with Crippen LogP contribution >= 0.6 is 0 Å². The zero-order valence-corrected chi connectivity index (χ0v) is 14.2. The lowest BCUT2D eigenvalue weighted by Crippen LogP contribution is -2.28. The Hall–Kier alpha value is -3.50. The highest BCUT2D eigenvalue weighted by atomic mass is 16.2. The molecule has 25 heavy (non-hydrogen) atoms. The van der Waals surface area contributed by atoms with E-state index in [9.17, 15) is 4.79 Å². The first-order valence-electron chi connectivity index (χ1n) is 7.89. The van der Waals surface area contributed by atoms with Crippen LogP contribution in [0.5, 0.6) is 0 Å². The molecule has 0 bridgehead atoms. The molecule has 0 aliphatic rings. The van der Waals surface area contributed by atoms with Crippen LogP contribution < -0.4 is 0 Å². The monoisotopic (exact) mass is 327 g/mol. The second-order valence-corrected chi connectivity index (χ2v) is 5.80. The summed E-state index contributed by atoms with van der Waals surface area (Å²) in [7, 11) is 3.64. The molecule has 1 heterocycles. The van der Waals surface area contributed by atoms with Gasteiger partial charge in [-0.05, 0) is 36.4 Å². The van der Waals surface area contributed by atoms with Crippen molar-refractivity contribution in [3.05, 3.63) is 71.4 Å². The predicted molar refractivity (Wildman–Crippen MR) is 97.9 cm³/mol. The molecule has 0 radical (unpaired) electrons. The van der Waals surface area contributed by atoms with Crippen LogP contribution in [0.4, 0.5) is 0 Å². The second-order valence-electron chi connectivity index (χ2n) is 5.80. The van der Waals surface area contributed by atoms with E-state index in [0.29, 0.717) is 17.8 Å². The fourth-order valence-corrected chi connectivity index (χ4v) is 2.65. The van der Waals surface area contributed by atoms with E-state index in [0.717, 1.165) is 16.5 Å². The van der Waals surface area contributed by atoms with Crippen molar-refractivity contribution >= 4 is 16.8 Å². The Labute approximate surface area is 146 Å². The minimum atomic E-state index is -0.0622. The van der Waals surface area contributed by atoms with Crippen LogP contribution in [-0.2, 0) is 7.05 Å². The normalized spacial score (nSPS) is 9.96. The van der Waals surface area contributed by atoms with Gasteiger partial charge in [0.05, 0.1) is 18.2 Å². The van der Waals surface area contributed by atoms with Gasteiger partial charge in [-0.25, -0.2) is 0 Å². The Morgan fingerprint density at radius 1 is 1.12 bits per heavy atom. The first kappa shape index (κ1) is 16.4. The molecule has 1 amide bonds. The maximum absolute atomic E-state index is 12.7. The van der Waals surface area contributed by atoms with Crippen molar-refractivity contribution < 1.29 is 4.79 Å². The molecule has 0 saturated carbocycles. The molecule has 3 aromatic rings. The Balaban J connectivity index is 1.73. The van der Waals surface area contributed by atoms with Gasteiger partial charge >= 0.3 is 0 Å². The molecule has 2 aromatic carbocycles. The van der Waals surface area contributed by atoms with Gasteiger partial charge in [0.25, 0.3) is 5.91 Å². The van der Waals surface area contributed by atoms with Gasteiger partial charge in [-0.2, -0.15) is 5.26 Å². The molecule has 1 aromatic heterocycles. The van der Waals surface area contributed by atoms with E-state index >= 15 is 0 Å². The van der Waals surface area contributed by atoms with E-state index in [1.807, 2.05) is 41.9 Å². The third kappa shape index (κ3) is 3.39. The van der Waals surface area contributed by atoms with Crippen molar-refractivity contribution in [3.8, 4) is 17.9 Å².